The highest BCUT2D eigenvalue weighted by Gasteiger charge is 2.03. The van der Waals surface area contributed by atoms with E-state index in [0.717, 1.165) is 10.0 Å². The van der Waals surface area contributed by atoms with Crippen LogP contribution in [0.3, 0.4) is 0 Å². The summed E-state index contributed by atoms with van der Waals surface area (Å²) in [6, 6.07) is 7.63. The van der Waals surface area contributed by atoms with E-state index in [0.29, 0.717) is 12.1 Å². The number of rotatable bonds is 2. The molecule has 1 aromatic carbocycles. The molecular weight excluding hydrogens is 248 g/mol. The molecule has 1 rings (SSSR count). The van der Waals surface area contributed by atoms with Crippen molar-refractivity contribution in [1.29, 1.82) is 5.26 Å². The Bertz CT molecular complexity index is 403. The van der Waals surface area contributed by atoms with Crippen LogP contribution in [0.15, 0.2) is 27.7 Å². The van der Waals surface area contributed by atoms with Crippen LogP contribution >= 0.6 is 28.1 Å². The molecule has 1 aromatic rings. The van der Waals surface area contributed by atoms with Crippen LogP contribution in [0.25, 0.3) is 0 Å². The standard InChI is InChI=1S/C9H5BrN2S/c10-9-3-1-2-7(5-12-6-13)8(9)4-11/h1-3H,5H2. The molecule has 0 amide bonds. The second-order valence-electron chi connectivity index (χ2n) is 2.29. The van der Waals surface area contributed by atoms with Gasteiger partial charge in [-0.25, -0.2) is 4.99 Å². The van der Waals surface area contributed by atoms with Gasteiger partial charge in [0, 0.05) is 4.47 Å². The molecule has 0 aromatic heterocycles. The van der Waals surface area contributed by atoms with Crippen molar-refractivity contribution in [3.63, 3.8) is 0 Å². The number of isothiocyanates is 1. The number of nitrogens with zero attached hydrogens (tertiary/aromatic N) is 2. The lowest BCUT2D eigenvalue weighted by molar-refractivity contribution is 1.07. The average molecular weight is 253 g/mol. The van der Waals surface area contributed by atoms with Crippen molar-refractivity contribution in [2.45, 2.75) is 6.54 Å². The topological polar surface area (TPSA) is 36.1 Å². The van der Waals surface area contributed by atoms with E-state index in [-0.39, 0.29) is 0 Å². The molecule has 13 heavy (non-hydrogen) atoms. The van der Waals surface area contributed by atoms with E-state index in [2.05, 4.69) is 44.4 Å². The summed E-state index contributed by atoms with van der Waals surface area (Å²) in [4.78, 5) is 3.78. The van der Waals surface area contributed by atoms with E-state index in [9.17, 15) is 0 Å². The van der Waals surface area contributed by atoms with Crippen LogP contribution in [-0.4, -0.2) is 5.16 Å². The zero-order chi connectivity index (χ0) is 9.68. The normalized spacial score (nSPS) is 8.62. The third-order valence-electron chi connectivity index (χ3n) is 1.53. The molecule has 0 atom stereocenters. The van der Waals surface area contributed by atoms with Crippen LogP contribution in [0.4, 0.5) is 0 Å². The summed E-state index contributed by atoms with van der Waals surface area (Å²) < 4.78 is 0.784. The lowest BCUT2D eigenvalue weighted by Gasteiger charge is -2.00. The average Bonchev–Trinajstić information content (AvgIpc) is 2.15. The third-order valence-corrected chi connectivity index (χ3v) is 2.32. The SMILES string of the molecule is N#Cc1c(Br)cccc1CN=C=S. The van der Waals surface area contributed by atoms with Crippen molar-refractivity contribution in [2.75, 3.05) is 0 Å². The van der Waals surface area contributed by atoms with Crippen LogP contribution in [-0.2, 0) is 6.54 Å². The van der Waals surface area contributed by atoms with Crippen LogP contribution in [0.1, 0.15) is 11.1 Å². The Morgan fingerprint density at radius 2 is 2.31 bits per heavy atom. The largest absolute Gasteiger partial charge is 0.228 e. The molecule has 2 nitrogen and oxygen atoms in total. The van der Waals surface area contributed by atoms with Crippen molar-refractivity contribution in [3.05, 3.63) is 33.8 Å². The summed E-state index contributed by atoms with van der Waals surface area (Å²) in [5, 5.41) is 11.1. The smallest absolute Gasteiger partial charge is 0.101 e. The molecule has 4 heteroatoms. The fourth-order valence-electron chi connectivity index (χ4n) is 0.943. The second kappa shape index (κ2) is 4.88. The fourth-order valence-corrected chi connectivity index (χ4v) is 1.50. The molecule has 0 saturated heterocycles. The Labute approximate surface area is 90.0 Å². The number of thiocarbonyl (C=S) groups is 1. The van der Waals surface area contributed by atoms with Gasteiger partial charge >= 0.3 is 0 Å². The summed E-state index contributed by atoms with van der Waals surface area (Å²) in [6.07, 6.45) is 0. The lowest BCUT2D eigenvalue weighted by Crippen LogP contribution is -1.88. The molecule has 0 aliphatic carbocycles. The number of nitriles is 1. The van der Waals surface area contributed by atoms with Gasteiger partial charge in [-0.05, 0) is 39.8 Å². The Morgan fingerprint density at radius 1 is 1.54 bits per heavy atom. The minimum atomic E-state index is 0.409. The summed E-state index contributed by atoms with van der Waals surface area (Å²) in [7, 11) is 0. The predicted octanol–water partition coefficient (Wildman–Crippen LogP) is 2.92. The van der Waals surface area contributed by atoms with E-state index < -0.39 is 0 Å². The van der Waals surface area contributed by atoms with Gasteiger partial charge in [0.1, 0.15) is 6.07 Å². The van der Waals surface area contributed by atoms with E-state index >= 15 is 0 Å². The van der Waals surface area contributed by atoms with Gasteiger partial charge in [0.2, 0.25) is 0 Å². The Morgan fingerprint density at radius 3 is 2.92 bits per heavy atom. The fraction of sp³-hybridized carbons (Fsp3) is 0.111. The van der Waals surface area contributed by atoms with Gasteiger partial charge in [-0.3, -0.25) is 0 Å². The van der Waals surface area contributed by atoms with Crippen LogP contribution in [0.5, 0.6) is 0 Å². The summed E-state index contributed by atoms with van der Waals surface area (Å²) in [6.45, 7) is 0.409. The predicted molar refractivity (Wildman–Crippen MR) is 57.6 cm³/mol. The zero-order valence-electron chi connectivity index (χ0n) is 6.62. The van der Waals surface area contributed by atoms with Gasteiger partial charge in [-0.1, -0.05) is 12.1 Å². The third kappa shape index (κ3) is 2.46. The second-order valence-corrected chi connectivity index (χ2v) is 3.33. The molecule has 64 valence electrons. The molecule has 0 unspecified atom stereocenters. The Balaban J connectivity index is 3.14. The highest BCUT2D eigenvalue weighted by Crippen LogP contribution is 2.19. The van der Waals surface area contributed by atoms with Crippen LogP contribution in [0, 0.1) is 11.3 Å². The highest BCUT2D eigenvalue weighted by atomic mass is 79.9. The quantitative estimate of drug-likeness (QED) is 0.600. The lowest BCUT2D eigenvalue weighted by atomic mass is 10.1. The molecule has 0 radical (unpaired) electrons. The first-order valence-corrected chi connectivity index (χ1v) is 4.71. The van der Waals surface area contributed by atoms with Crippen molar-refractivity contribution < 1.29 is 0 Å². The molecule has 0 N–H and O–H groups in total. The molecule has 0 saturated carbocycles. The zero-order valence-corrected chi connectivity index (χ0v) is 9.02. The van der Waals surface area contributed by atoms with Crippen molar-refractivity contribution in [3.8, 4) is 6.07 Å². The maximum Gasteiger partial charge on any atom is 0.101 e. The van der Waals surface area contributed by atoms with Crippen molar-refractivity contribution >= 4 is 33.3 Å². The number of aliphatic imine (C=N–C) groups is 1. The monoisotopic (exact) mass is 252 g/mol. The first kappa shape index (κ1) is 10.1. The molecular formula is C9H5BrN2S. The van der Waals surface area contributed by atoms with Gasteiger partial charge in [-0.2, -0.15) is 5.26 Å². The molecule has 0 aliphatic rings. The molecule has 0 spiro atoms. The first-order chi connectivity index (χ1) is 6.29. The van der Waals surface area contributed by atoms with Gasteiger partial charge in [0.25, 0.3) is 0 Å². The van der Waals surface area contributed by atoms with Crippen molar-refractivity contribution in [1.82, 2.24) is 0 Å². The van der Waals surface area contributed by atoms with E-state index in [4.69, 9.17) is 5.26 Å². The van der Waals surface area contributed by atoms with Gasteiger partial charge in [0.15, 0.2) is 0 Å². The van der Waals surface area contributed by atoms with E-state index in [1.165, 1.54) is 0 Å². The minimum Gasteiger partial charge on any atom is -0.228 e. The van der Waals surface area contributed by atoms with Crippen molar-refractivity contribution in [2.24, 2.45) is 4.99 Å². The maximum absolute atomic E-state index is 8.83. The Kier molecular flexibility index (Phi) is 3.78. The Hall–Kier alpha value is -1.01. The van der Waals surface area contributed by atoms with E-state index in [1.54, 1.807) is 0 Å². The van der Waals surface area contributed by atoms with Gasteiger partial charge in [0.05, 0.1) is 17.3 Å². The summed E-state index contributed by atoms with van der Waals surface area (Å²) in [5.74, 6) is 0. The van der Waals surface area contributed by atoms with Crippen LogP contribution < -0.4 is 0 Å². The molecule has 0 bridgehead atoms. The highest BCUT2D eigenvalue weighted by molar-refractivity contribution is 9.10. The van der Waals surface area contributed by atoms with Gasteiger partial charge in [-0.15, -0.1) is 0 Å². The minimum absolute atomic E-state index is 0.409. The first-order valence-electron chi connectivity index (χ1n) is 3.50. The number of halogens is 1. The maximum atomic E-state index is 8.83. The van der Waals surface area contributed by atoms with E-state index in [1.807, 2.05) is 18.2 Å². The number of benzene rings is 1. The van der Waals surface area contributed by atoms with Crippen LogP contribution in [0.2, 0.25) is 0 Å². The molecule has 0 fully saturated rings. The molecule has 0 heterocycles. The van der Waals surface area contributed by atoms with Gasteiger partial charge < -0.3 is 0 Å². The molecule has 0 aliphatic heterocycles. The summed E-state index contributed by atoms with van der Waals surface area (Å²) in [5.41, 5.74) is 1.46. The number of hydrogen-bond donors (Lipinski definition) is 0. The summed E-state index contributed by atoms with van der Waals surface area (Å²) >= 11 is 7.74. The number of hydrogen-bond acceptors (Lipinski definition) is 3.